The van der Waals surface area contributed by atoms with Crippen LogP contribution in [0.15, 0.2) is 24.3 Å². The van der Waals surface area contributed by atoms with Gasteiger partial charge in [0.2, 0.25) is 0 Å². The predicted molar refractivity (Wildman–Crippen MR) is 79.6 cm³/mol. The number of hydrogen-bond acceptors (Lipinski definition) is 4. The minimum absolute atomic E-state index is 0.115. The summed E-state index contributed by atoms with van der Waals surface area (Å²) < 4.78 is 5.08. The number of carbonyl (C=O) groups is 2. The molecule has 1 unspecified atom stereocenters. The molecule has 1 atom stereocenters. The van der Waals surface area contributed by atoms with E-state index in [1.807, 2.05) is 12.1 Å². The van der Waals surface area contributed by atoms with Crippen LogP contribution >= 0.6 is 0 Å². The molecule has 1 amide bonds. The van der Waals surface area contributed by atoms with Crippen LogP contribution in [0.1, 0.15) is 42.1 Å². The minimum atomic E-state index is -0.458. The number of rotatable bonds is 4. The van der Waals surface area contributed by atoms with Gasteiger partial charge in [-0.25, -0.2) is 4.79 Å². The number of nitrogens with zero attached hydrogens (tertiary/aromatic N) is 1. The molecule has 114 valence electrons. The van der Waals surface area contributed by atoms with Gasteiger partial charge in [0.1, 0.15) is 6.04 Å². The average Bonchev–Trinajstić information content (AvgIpc) is 2.54. The maximum Gasteiger partial charge on any atom is 0.328 e. The molecule has 2 N–H and O–H groups in total. The Kier molecular flexibility index (Phi) is 5.33. The van der Waals surface area contributed by atoms with E-state index in [-0.39, 0.29) is 11.9 Å². The van der Waals surface area contributed by atoms with Crippen molar-refractivity contribution < 1.29 is 14.3 Å². The fourth-order valence-corrected chi connectivity index (χ4v) is 2.61. The van der Waals surface area contributed by atoms with E-state index in [0.29, 0.717) is 31.7 Å². The van der Waals surface area contributed by atoms with Crippen molar-refractivity contribution in [1.29, 1.82) is 0 Å². The quantitative estimate of drug-likeness (QED) is 0.857. The zero-order valence-corrected chi connectivity index (χ0v) is 12.4. The van der Waals surface area contributed by atoms with Crippen molar-refractivity contribution in [2.24, 2.45) is 5.73 Å². The molecule has 0 aliphatic carbocycles. The van der Waals surface area contributed by atoms with Gasteiger partial charge in [-0.1, -0.05) is 12.1 Å². The molecule has 0 bridgehead atoms. The molecular weight excluding hydrogens is 268 g/mol. The van der Waals surface area contributed by atoms with Crippen molar-refractivity contribution in [3.63, 3.8) is 0 Å². The largest absolute Gasteiger partial charge is 0.464 e. The van der Waals surface area contributed by atoms with Gasteiger partial charge in [-0.3, -0.25) is 4.79 Å². The summed E-state index contributed by atoms with van der Waals surface area (Å²) in [7, 11) is 0. The van der Waals surface area contributed by atoms with Gasteiger partial charge in [-0.05, 0) is 43.9 Å². The zero-order chi connectivity index (χ0) is 15.2. The fourth-order valence-electron chi connectivity index (χ4n) is 2.61. The Balaban J connectivity index is 2.15. The molecule has 1 fully saturated rings. The van der Waals surface area contributed by atoms with Gasteiger partial charge in [0.05, 0.1) is 6.61 Å². The Morgan fingerprint density at radius 3 is 2.62 bits per heavy atom. The number of piperidine rings is 1. The van der Waals surface area contributed by atoms with Crippen molar-refractivity contribution in [1.82, 2.24) is 4.90 Å². The molecule has 0 radical (unpaired) electrons. The molecule has 1 aliphatic rings. The molecule has 1 aromatic rings. The van der Waals surface area contributed by atoms with Gasteiger partial charge >= 0.3 is 5.97 Å². The Morgan fingerprint density at radius 2 is 2.00 bits per heavy atom. The molecule has 5 nitrogen and oxygen atoms in total. The number of likely N-dealkylation sites (tertiary alicyclic amines) is 1. The van der Waals surface area contributed by atoms with Crippen LogP contribution in [0.3, 0.4) is 0 Å². The second kappa shape index (κ2) is 7.22. The fraction of sp³-hybridized carbons (Fsp3) is 0.500. The monoisotopic (exact) mass is 290 g/mol. The maximum absolute atomic E-state index is 12.6. The third-order valence-electron chi connectivity index (χ3n) is 3.76. The first-order chi connectivity index (χ1) is 10.2. The van der Waals surface area contributed by atoms with Gasteiger partial charge in [0.15, 0.2) is 0 Å². The van der Waals surface area contributed by atoms with Gasteiger partial charge in [0, 0.05) is 18.7 Å². The highest BCUT2D eigenvalue weighted by Crippen LogP contribution is 2.21. The average molecular weight is 290 g/mol. The smallest absolute Gasteiger partial charge is 0.328 e. The van der Waals surface area contributed by atoms with E-state index in [1.165, 1.54) is 0 Å². The Bertz CT molecular complexity index is 499. The molecule has 0 saturated carbocycles. The van der Waals surface area contributed by atoms with E-state index in [1.54, 1.807) is 24.0 Å². The third kappa shape index (κ3) is 3.61. The highest BCUT2D eigenvalue weighted by Gasteiger charge is 2.33. The summed E-state index contributed by atoms with van der Waals surface area (Å²) in [6.45, 7) is 3.16. The van der Waals surface area contributed by atoms with Crippen molar-refractivity contribution in [3.8, 4) is 0 Å². The summed E-state index contributed by atoms with van der Waals surface area (Å²) >= 11 is 0. The summed E-state index contributed by atoms with van der Waals surface area (Å²) in [5.74, 6) is -0.416. The Hall–Kier alpha value is -1.88. The highest BCUT2D eigenvalue weighted by molar-refractivity contribution is 5.97. The number of amides is 1. The lowest BCUT2D eigenvalue weighted by Crippen LogP contribution is -2.48. The highest BCUT2D eigenvalue weighted by atomic mass is 16.5. The van der Waals surface area contributed by atoms with Gasteiger partial charge in [-0.2, -0.15) is 0 Å². The molecule has 1 aliphatic heterocycles. The number of benzene rings is 1. The van der Waals surface area contributed by atoms with Gasteiger partial charge < -0.3 is 15.4 Å². The molecule has 21 heavy (non-hydrogen) atoms. The van der Waals surface area contributed by atoms with Gasteiger partial charge in [-0.15, -0.1) is 0 Å². The zero-order valence-electron chi connectivity index (χ0n) is 12.4. The normalized spacial score (nSPS) is 18.4. The summed E-state index contributed by atoms with van der Waals surface area (Å²) in [5.41, 5.74) is 7.12. The second-order valence-electron chi connectivity index (χ2n) is 5.16. The molecule has 1 heterocycles. The summed E-state index contributed by atoms with van der Waals surface area (Å²) in [4.78, 5) is 26.3. The standard InChI is InChI=1S/C16H22N2O3/c1-2-21-16(20)14-5-3-4-10-18(14)15(19)13-8-6-12(11-17)7-9-13/h6-9,14H,2-5,10-11,17H2,1H3. The van der Waals surface area contributed by atoms with Crippen LogP contribution in [0.5, 0.6) is 0 Å². The van der Waals surface area contributed by atoms with E-state index in [2.05, 4.69) is 0 Å². The van der Waals surface area contributed by atoms with Gasteiger partial charge in [0.25, 0.3) is 5.91 Å². The van der Waals surface area contributed by atoms with Crippen LogP contribution in [0.4, 0.5) is 0 Å². The molecular formula is C16H22N2O3. The van der Waals surface area contributed by atoms with Crippen LogP contribution in [0.2, 0.25) is 0 Å². The predicted octanol–water partition coefficient (Wildman–Crippen LogP) is 1.70. The van der Waals surface area contributed by atoms with Crippen LogP contribution < -0.4 is 5.73 Å². The van der Waals surface area contributed by atoms with E-state index < -0.39 is 6.04 Å². The molecule has 1 aromatic carbocycles. The van der Waals surface area contributed by atoms with E-state index in [0.717, 1.165) is 18.4 Å². The van der Waals surface area contributed by atoms with Crippen LogP contribution in [0.25, 0.3) is 0 Å². The van der Waals surface area contributed by atoms with Crippen molar-refractivity contribution in [2.45, 2.75) is 38.8 Å². The number of ether oxygens (including phenoxy) is 1. The lowest BCUT2D eigenvalue weighted by Gasteiger charge is -2.34. The number of nitrogens with two attached hydrogens (primary N) is 1. The summed E-state index contributed by atoms with van der Waals surface area (Å²) in [6, 6.07) is 6.76. The molecule has 0 aromatic heterocycles. The van der Waals surface area contributed by atoms with Crippen molar-refractivity contribution in [3.05, 3.63) is 35.4 Å². The third-order valence-corrected chi connectivity index (χ3v) is 3.76. The van der Waals surface area contributed by atoms with Crippen molar-refractivity contribution >= 4 is 11.9 Å². The first kappa shape index (κ1) is 15.5. The number of esters is 1. The topological polar surface area (TPSA) is 72.6 Å². The van der Waals surface area contributed by atoms with E-state index in [4.69, 9.17) is 10.5 Å². The lowest BCUT2D eigenvalue weighted by atomic mass is 10.0. The molecule has 2 rings (SSSR count). The second-order valence-corrected chi connectivity index (χ2v) is 5.16. The number of hydrogen-bond donors (Lipinski definition) is 1. The molecule has 1 saturated heterocycles. The molecule has 5 heteroatoms. The van der Waals surface area contributed by atoms with Crippen LogP contribution in [0, 0.1) is 0 Å². The summed E-state index contributed by atoms with van der Waals surface area (Å²) in [6.07, 6.45) is 2.54. The summed E-state index contributed by atoms with van der Waals surface area (Å²) in [5, 5.41) is 0. The number of carbonyl (C=O) groups excluding carboxylic acids is 2. The van der Waals surface area contributed by atoms with E-state index >= 15 is 0 Å². The van der Waals surface area contributed by atoms with Crippen molar-refractivity contribution in [2.75, 3.05) is 13.2 Å². The van der Waals surface area contributed by atoms with Crippen LogP contribution in [-0.4, -0.2) is 36.0 Å². The minimum Gasteiger partial charge on any atom is -0.464 e. The maximum atomic E-state index is 12.6. The van der Waals surface area contributed by atoms with Crippen LogP contribution in [-0.2, 0) is 16.1 Å². The molecule has 0 spiro atoms. The Labute approximate surface area is 125 Å². The first-order valence-corrected chi connectivity index (χ1v) is 7.44. The van der Waals surface area contributed by atoms with E-state index in [9.17, 15) is 9.59 Å². The lowest BCUT2D eigenvalue weighted by molar-refractivity contribution is -0.149. The first-order valence-electron chi connectivity index (χ1n) is 7.44. The SMILES string of the molecule is CCOC(=O)C1CCCCN1C(=O)c1ccc(CN)cc1. The Morgan fingerprint density at radius 1 is 1.29 bits per heavy atom.